The molecule has 0 unspecified atom stereocenters. The maximum atomic E-state index is 13.5. The van der Waals surface area contributed by atoms with Crippen LogP contribution in [-0.2, 0) is 4.79 Å². The summed E-state index contributed by atoms with van der Waals surface area (Å²) in [5.74, 6) is -1.69. The van der Waals surface area contributed by atoms with Crippen LogP contribution in [0.5, 0.6) is 5.75 Å². The number of rotatable bonds is 7. The van der Waals surface area contributed by atoms with Crippen LogP contribution in [0.3, 0.4) is 0 Å². The number of carbonyl (C=O) groups is 2. The third kappa shape index (κ3) is 7.24. The molecule has 6 nitrogen and oxygen atoms in total. The van der Waals surface area contributed by atoms with Crippen molar-refractivity contribution >= 4 is 23.3 Å². The molecular formula is C23H27F2N3O3. The minimum absolute atomic E-state index is 0.0420. The normalized spacial score (nSPS) is 13.9. The first-order valence-electron chi connectivity index (χ1n) is 10.5. The number of halogens is 2. The molecule has 1 heterocycles. The van der Waals surface area contributed by atoms with Crippen LogP contribution in [0.1, 0.15) is 38.5 Å². The lowest BCUT2D eigenvalue weighted by Gasteiger charge is -2.20. The maximum absolute atomic E-state index is 13.5. The Morgan fingerprint density at radius 1 is 0.903 bits per heavy atom. The molecule has 31 heavy (non-hydrogen) atoms. The number of hydrogen-bond donors (Lipinski definition) is 2. The van der Waals surface area contributed by atoms with Crippen molar-refractivity contribution in [3.8, 4) is 5.75 Å². The van der Waals surface area contributed by atoms with Crippen molar-refractivity contribution in [3.63, 3.8) is 0 Å². The van der Waals surface area contributed by atoms with Gasteiger partial charge in [-0.1, -0.05) is 12.8 Å². The van der Waals surface area contributed by atoms with Gasteiger partial charge in [0.05, 0.1) is 6.61 Å². The molecule has 1 fully saturated rings. The van der Waals surface area contributed by atoms with Crippen molar-refractivity contribution < 1.29 is 23.1 Å². The molecule has 3 amide bonds. The highest BCUT2D eigenvalue weighted by Crippen LogP contribution is 2.19. The number of benzene rings is 2. The lowest BCUT2D eigenvalue weighted by atomic mass is 10.2. The highest BCUT2D eigenvalue weighted by molar-refractivity contribution is 5.92. The predicted molar refractivity (Wildman–Crippen MR) is 115 cm³/mol. The minimum atomic E-state index is -0.771. The Balaban J connectivity index is 1.38. The number of urea groups is 1. The molecule has 8 heteroatoms. The van der Waals surface area contributed by atoms with Crippen LogP contribution in [0.15, 0.2) is 42.5 Å². The first kappa shape index (κ1) is 22.5. The number of carbonyl (C=O) groups excluding carboxylic acids is 2. The quantitative estimate of drug-likeness (QED) is 0.594. The molecule has 2 aromatic carbocycles. The monoisotopic (exact) mass is 431 g/mol. The van der Waals surface area contributed by atoms with Crippen LogP contribution in [0.2, 0.25) is 0 Å². The summed E-state index contributed by atoms with van der Waals surface area (Å²) in [4.78, 5) is 26.3. The topological polar surface area (TPSA) is 70.7 Å². The maximum Gasteiger partial charge on any atom is 0.321 e. The third-order valence-corrected chi connectivity index (χ3v) is 5.01. The molecule has 0 radical (unpaired) electrons. The first-order chi connectivity index (χ1) is 15.0. The van der Waals surface area contributed by atoms with E-state index >= 15 is 0 Å². The van der Waals surface area contributed by atoms with Gasteiger partial charge in [0, 0.05) is 37.0 Å². The summed E-state index contributed by atoms with van der Waals surface area (Å²) in [6.45, 7) is 1.69. The second-order valence-electron chi connectivity index (χ2n) is 7.48. The molecule has 0 saturated carbocycles. The fourth-order valence-corrected chi connectivity index (χ4v) is 3.34. The van der Waals surface area contributed by atoms with E-state index in [1.807, 2.05) is 4.90 Å². The number of nitrogens with one attached hydrogen (secondary N) is 2. The van der Waals surface area contributed by atoms with E-state index in [0.29, 0.717) is 17.8 Å². The van der Waals surface area contributed by atoms with Crippen molar-refractivity contribution in [2.24, 2.45) is 0 Å². The van der Waals surface area contributed by atoms with Gasteiger partial charge in [-0.25, -0.2) is 13.6 Å². The average molecular weight is 431 g/mol. The van der Waals surface area contributed by atoms with Crippen molar-refractivity contribution in [2.45, 2.75) is 38.5 Å². The standard InChI is InChI=1S/C23H27F2N3O3/c24-17-7-12-21(20(25)16-17)31-15-5-6-22(29)26-18-8-10-19(11-9-18)27-23(30)28-13-3-1-2-4-14-28/h7-12,16H,1-6,13-15H2,(H,26,29)(H,27,30). The summed E-state index contributed by atoms with van der Waals surface area (Å²) in [6.07, 6.45) is 4.95. The Morgan fingerprint density at radius 2 is 1.55 bits per heavy atom. The van der Waals surface area contributed by atoms with Gasteiger partial charge in [-0.15, -0.1) is 0 Å². The summed E-state index contributed by atoms with van der Waals surface area (Å²) < 4.78 is 31.6. The lowest BCUT2D eigenvalue weighted by Crippen LogP contribution is -2.35. The van der Waals surface area contributed by atoms with Gasteiger partial charge in [0.15, 0.2) is 11.6 Å². The summed E-state index contributed by atoms with van der Waals surface area (Å²) in [5.41, 5.74) is 1.28. The molecule has 1 saturated heterocycles. The Labute approximate surface area is 180 Å². The van der Waals surface area contributed by atoms with Crippen molar-refractivity contribution in [1.29, 1.82) is 0 Å². The summed E-state index contributed by atoms with van der Waals surface area (Å²) in [5, 5.41) is 5.66. The highest BCUT2D eigenvalue weighted by Gasteiger charge is 2.15. The minimum Gasteiger partial charge on any atom is -0.491 e. The van der Waals surface area contributed by atoms with Crippen molar-refractivity contribution in [1.82, 2.24) is 4.90 Å². The smallest absolute Gasteiger partial charge is 0.321 e. The zero-order valence-electron chi connectivity index (χ0n) is 17.3. The summed E-state index contributed by atoms with van der Waals surface area (Å²) in [7, 11) is 0. The molecule has 2 aromatic rings. The van der Waals surface area contributed by atoms with Crippen molar-refractivity contribution in [3.05, 3.63) is 54.1 Å². The Morgan fingerprint density at radius 3 is 2.19 bits per heavy atom. The zero-order chi connectivity index (χ0) is 22.1. The molecule has 0 spiro atoms. The molecule has 2 N–H and O–H groups in total. The molecule has 3 rings (SSSR count). The molecule has 0 bridgehead atoms. The molecule has 1 aliphatic heterocycles. The largest absolute Gasteiger partial charge is 0.491 e. The zero-order valence-corrected chi connectivity index (χ0v) is 17.3. The number of ether oxygens (including phenoxy) is 1. The van der Waals surface area contributed by atoms with Crippen LogP contribution in [0.4, 0.5) is 25.0 Å². The molecular weight excluding hydrogens is 404 g/mol. The van der Waals surface area contributed by atoms with Crippen LogP contribution >= 0.6 is 0 Å². The molecule has 0 aromatic heterocycles. The Hall–Kier alpha value is -3.16. The van der Waals surface area contributed by atoms with Gasteiger partial charge in [0.1, 0.15) is 5.82 Å². The predicted octanol–water partition coefficient (Wildman–Crippen LogP) is 5.17. The second kappa shape index (κ2) is 11.3. The van der Waals surface area contributed by atoms with Crippen molar-refractivity contribution in [2.75, 3.05) is 30.3 Å². The van der Waals surface area contributed by atoms with E-state index in [2.05, 4.69) is 10.6 Å². The van der Waals surface area contributed by atoms with E-state index in [-0.39, 0.29) is 30.7 Å². The molecule has 1 aliphatic rings. The van der Waals surface area contributed by atoms with Gasteiger partial charge in [-0.05, 0) is 55.7 Å². The Bertz CT molecular complexity index is 882. The van der Waals surface area contributed by atoms with E-state index in [1.165, 1.54) is 6.07 Å². The lowest BCUT2D eigenvalue weighted by molar-refractivity contribution is -0.116. The highest BCUT2D eigenvalue weighted by atomic mass is 19.1. The number of nitrogens with zero attached hydrogens (tertiary/aromatic N) is 1. The van der Waals surface area contributed by atoms with Gasteiger partial charge >= 0.3 is 6.03 Å². The van der Waals surface area contributed by atoms with E-state index in [9.17, 15) is 18.4 Å². The Kier molecular flexibility index (Phi) is 8.20. The fourth-order valence-electron chi connectivity index (χ4n) is 3.34. The third-order valence-electron chi connectivity index (χ3n) is 5.01. The van der Waals surface area contributed by atoms with E-state index in [1.54, 1.807) is 24.3 Å². The SMILES string of the molecule is O=C(CCCOc1ccc(F)cc1F)Nc1ccc(NC(=O)N2CCCCCC2)cc1. The van der Waals surface area contributed by atoms with E-state index in [0.717, 1.165) is 50.9 Å². The van der Waals surface area contributed by atoms with E-state index in [4.69, 9.17) is 4.74 Å². The van der Waals surface area contributed by atoms with Crippen LogP contribution in [-0.4, -0.2) is 36.5 Å². The number of amides is 3. The first-order valence-corrected chi connectivity index (χ1v) is 10.5. The van der Waals surface area contributed by atoms with Crippen LogP contribution in [0, 0.1) is 11.6 Å². The van der Waals surface area contributed by atoms with Gasteiger partial charge in [0.2, 0.25) is 5.91 Å². The summed E-state index contributed by atoms with van der Waals surface area (Å²) >= 11 is 0. The van der Waals surface area contributed by atoms with Gasteiger partial charge < -0.3 is 20.3 Å². The molecule has 0 aliphatic carbocycles. The van der Waals surface area contributed by atoms with Crippen LogP contribution < -0.4 is 15.4 Å². The van der Waals surface area contributed by atoms with Crippen LogP contribution in [0.25, 0.3) is 0 Å². The number of anilines is 2. The summed E-state index contributed by atoms with van der Waals surface area (Å²) in [6, 6.07) is 9.92. The van der Waals surface area contributed by atoms with E-state index < -0.39 is 11.6 Å². The van der Waals surface area contributed by atoms with Gasteiger partial charge in [-0.3, -0.25) is 4.79 Å². The number of likely N-dealkylation sites (tertiary alicyclic amines) is 1. The van der Waals surface area contributed by atoms with Gasteiger partial charge in [-0.2, -0.15) is 0 Å². The van der Waals surface area contributed by atoms with Gasteiger partial charge in [0.25, 0.3) is 0 Å². The fraction of sp³-hybridized carbons (Fsp3) is 0.391. The molecule has 166 valence electrons. The average Bonchev–Trinajstić information content (AvgIpc) is 3.03. The number of hydrogen-bond acceptors (Lipinski definition) is 3. The second-order valence-corrected chi connectivity index (χ2v) is 7.48. The molecule has 0 atom stereocenters.